The van der Waals surface area contributed by atoms with E-state index in [1.165, 1.54) is 0 Å². The molecule has 0 fully saturated rings. The first kappa shape index (κ1) is 15.3. The number of hydrogen-bond donors (Lipinski definition) is 0. The summed E-state index contributed by atoms with van der Waals surface area (Å²) in [5, 5.41) is -0.658. The zero-order chi connectivity index (χ0) is 15.4. The summed E-state index contributed by atoms with van der Waals surface area (Å²) in [5.41, 5.74) is 3.11. The molecule has 1 unspecified atom stereocenters. The predicted octanol–water partition coefficient (Wildman–Crippen LogP) is 5.85. The third-order valence-corrected chi connectivity index (χ3v) is 7.16. The molecule has 0 aliphatic heterocycles. The second kappa shape index (κ2) is 6.64. The number of hydrogen-bond acceptors (Lipinski definition) is 1. The van der Waals surface area contributed by atoms with Crippen molar-refractivity contribution in [3.8, 4) is 0 Å². The summed E-state index contributed by atoms with van der Waals surface area (Å²) in [4.78, 5) is 0. The number of rotatable bonds is 4. The van der Waals surface area contributed by atoms with Crippen molar-refractivity contribution in [2.24, 2.45) is 0 Å². The van der Waals surface area contributed by atoms with Gasteiger partial charge in [-0.3, -0.25) is 0 Å². The highest BCUT2D eigenvalue weighted by Gasteiger charge is 2.40. The third-order valence-electron chi connectivity index (χ3n) is 3.92. The van der Waals surface area contributed by atoms with Crippen LogP contribution >= 0.6 is 22.0 Å². The second-order valence-corrected chi connectivity index (χ2v) is 8.58. The van der Waals surface area contributed by atoms with Gasteiger partial charge in [0.2, 0.25) is 0 Å². The highest BCUT2D eigenvalue weighted by molar-refractivity contribution is 9.37. The standard InChI is InChI=1S/C19H16BrOP/c20-22(21)19(16-10-4-1-5-11-16,17-12-6-2-7-13-17)18-14-8-3-9-15-18/h1-15,22H. The molecule has 0 aliphatic rings. The van der Waals surface area contributed by atoms with E-state index in [4.69, 9.17) is 0 Å². The molecule has 0 bridgehead atoms. The predicted molar refractivity (Wildman–Crippen MR) is 97.1 cm³/mol. The Morgan fingerprint density at radius 1 is 0.591 bits per heavy atom. The van der Waals surface area contributed by atoms with Crippen molar-refractivity contribution >= 4 is 22.0 Å². The van der Waals surface area contributed by atoms with Gasteiger partial charge in [-0.25, -0.2) is 0 Å². The summed E-state index contributed by atoms with van der Waals surface area (Å²) in [5.74, 6) is 0. The molecule has 110 valence electrons. The average molecular weight is 371 g/mol. The Balaban J connectivity index is 2.37. The van der Waals surface area contributed by atoms with Crippen molar-refractivity contribution in [1.82, 2.24) is 0 Å². The van der Waals surface area contributed by atoms with Crippen LogP contribution in [0.3, 0.4) is 0 Å². The summed E-state index contributed by atoms with van der Waals surface area (Å²) >= 11 is 3.45. The molecule has 22 heavy (non-hydrogen) atoms. The Bertz CT molecular complexity index is 661. The quantitative estimate of drug-likeness (QED) is 0.415. The van der Waals surface area contributed by atoms with Crippen LogP contribution in [0.4, 0.5) is 0 Å². The Hall–Kier alpha value is -1.63. The van der Waals surface area contributed by atoms with Crippen LogP contribution in [0.1, 0.15) is 16.7 Å². The van der Waals surface area contributed by atoms with Gasteiger partial charge in [0, 0.05) is 0 Å². The molecule has 0 radical (unpaired) electrons. The van der Waals surface area contributed by atoms with Crippen LogP contribution < -0.4 is 0 Å². The largest absolute Gasteiger partial charge is 0.313 e. The number of halogens is 1. The van der Waals surface area contributed by atoms with Crippen molar-refractivity contribution in [3.05, 3.63) is 108 Å². The van der Waals surface area contributed by atoms with E-state index in [9.17, 15) is 4.57 Å². The lowest BCUT2D eigenvalue weighted by molar-refractivity contribution is 0.584. The fourth-order valence-electron chi connectivity index (χ4n) is 2.90. The topological polar surface area (TPSA) is 17.1 Å². The van der Waals surface area contributed by atoms with Crippen LogP contribution in [0, 0.1) is 0 Å². The first-order chi connectivity index (χ1) is 10.8. The van der Waals surface area contributed by atoms with Gasteiger partial charge >= 0.3 is 0 Å². The maximum Gasteiger partial charge on any atom is 0.155 e. The van der Waals surface area contributed by atoms with Gasteiger partial charge in [0.05, 0.1) is 0 Å². The van der Waals surface area contributed by atoms with E-state index < -0.39 is 11.7 Å². The lowest BCUT2D eigenvalue weighted by Gasteiger charge is -2.33. The Kier molecular flexibility index (Phi) is 4.61. The molecule has 0 heterocycles. The van der Waals surface area contributed by atoms with E-state index in [1.807, 2.05) is 91.0 Å². The van der Waals surface area contributed by atoms with Gasteiger partial charge in [-0.15, -0.1) is 0 Å². The minimum absolute atomic E-state index is 0.658. The highest BCUT2D eigenvalue weighted by Crippen LogP contribution is 2.60. The maximum atomic E-state index is 13.0. The molecule has 0 N–H and O–H groups in total. The summed E-state index contributed by atoms with van der Waals surface area (Å²) < 4.78 is 13.0. The smallest absolute Gasteiger partial charge is 0.155 e. The SMILES string of the molecule is O=[PH](Br)C(c1ccccc1)(c1ccccc1)c1ccccc1. The lowest BCUT2D eigenvalue weighted by Crippen LogP contribution is -2.24. The van der Waals surface area contributed by atoms with Gasteiger partial charge in [-0.2, -0.15) is 0 Å². The third kappa shape index (κ3) is 2.58. The Labute approximate surface area is 139 Å². The molecular formula is C19H16BrOP. The molecule has 0 saturated heterocycles. The lowest BCUT2D eigenvalue weighted by atomic mass is 9.84. The molecule has 1 nitrogen and oxygen atoms in total. The van der Waals surface area contributed by atoms with Crippen molar-refractivity contribution in [2.45, 2.75) is 5.16 Å². The summed E-state index contributed by atoms with van der Waals surface area (Å²) in [6.07, 6.45) is 0. The fourth-order valence-corrected chi connectivity index (χ4v) is 6.15. The van der Waals surface area contributed by atoms with Crippen molar-refractivity contribution < 1.29 is 4.57 Å². The molecule has 3 aromatic carbocycles. The molecule has 3 heteroatoms. The van der Waals surface area contributed by atoms with Gasteiger partial charge in [0.1, 0.15) is 5.16 Å². The van der Waals surface area contributed by atoms with Crippen molar-refractivity contribution in [3.63, 3.8) is 0 Å². The van der Waals surface area contributed by atoms with E-state index in [0.29, 0.717) is 0 Å². The molecule has 0 aromatic heterocycles. The average Bonchev–Trinajstić information content (AvgIpc) is 2.58. The van der Waals surface area contributed by atoms with Crippen LogP contribution in [0.5, 0.6) is 0 Å². The Morgan fingerprint density at radius 2 is 0.864 bits per heavy atom. The zero-order valence-electron chi connectivity index (χ0n) is 11.9. The zero-order valence-corrected chi connectivity index (χ0v) is 14.5. The van der Waals surface area contributed by atoms with E-state index >= 15 is 0 Å². The monoisotopic (exact) mass is 370 g/mol. The van der Waals surface area contributed by atoms with Crippen molar-refractivity contribution in [1.29, 1.82) is 0 Å². The van der Waals surface area contributed by atoms with Crippen molar-refractivity contribution in [2.75, 3.05) is 0 Å². The molecule has 3 aromatic rings. The Morgan fingerprint density at radius 3 is 1.09 bits per heavy atom. The van der Waals surface area contributed by atoms with Crippen LogP contribution in [0.15, 0.2) is 91.0 Å². The van der Waals surface area contributed by atoms with Gasteiger partial charge in [-0.05, 0) is 32.2 Å². The molecular weight excluding hydrogens is 355 g/mol. The minimum atomic E-state index is -2.13. The van der Waals surface area contributed by atoms with Crippen LogP contribution in [0.25, 0.3) is 0 Å². The summed E-state index contributed by atoms with van der Waals surface area (Å²) in [6, 6.07) is 30.2. The summed E-state index contributed by atoms with van der Waals surface area (Å²) in [7, 11) is 0. The van der Waals surface area contributed by atoms with Gasteiger partial charge in [0.25, 0.3) is 0 Å². The fraction of sp³-hybridized carbons (Fsp3) is 0.0526. The molecule has 0 spiro atoms. The molecule has 0 saturated carbocycles. The molecule has 3 rings (SSSR count). The highest BCUT2D eigenvalue weighted by atomic mass is 79.9. The first-order valence-electron chi connectivity index (χ1n) is 7.13. The molecule has 1 atom stereocenters. The minimum Gasteiger partial charge on any atom is -0.313 e. The van der Waals surface area contributed by atoms with Gasteiger partial charge in [0.15, 0.2) is 6.50 Å². The van der Waals surface area contributed by atoms with E-state index in [2.05, 4.69) is 15.5 Å². The van der Waals surface area contributed by atoms with Crippen LogP contribution in [-0.2, 0) is 9.72 Å². The molecule has 0 aliphatic carbocycles. The van der Waals surface area contributed by atoms with E-state index in [1.54, 1.807) is 0 Å². The van der Waals surface area contributed by atoms with Gasteiger partial charge in [-0.1, -0.05) is 91.0 Å². The second-order valence-electron chi connectivity index (χ2n) is 5.12. The number of benzene rings is 3. The summed E-state index contributed by atoms with van der Waals surface area (Å²) in [6.45, 7) is -2.13. The van der Waals surface area contributed by atoms with Crippen LogP contribution in [0.2, 0.25) is 0 Å². The van der Waals surface area contributed by atoms with E-state index in [0.717, 1.165) is 16.7 Å². The maximum absolute atomic E-state index is 13.0. The van der Waals surface area contributed by atoms with Crippen LogP contribution in [-0.4, -0.2) is 0 Å². The van der Waals surface area contributed by atoms with Gasteiger partial charge < -0.3 is 4.57 Å². The van der Waals surface area contributed by atoms with E-state index in [-0.39, 0.29) is 0 Å². The first-order valence-corrected chi connectivity index (χ1v) is 10.8. The normalized spacial score (nSPS) is 12.8. The molecule has 0 amide bonds.